The number of nitrogens with one attached hydrogen (secondary N) is 1. The molecule has 0 saturated carbocycles. The van der Waals surface area contributed by atoms with Crippen molar-refractivity contribution in [3.8, 4) is 11.3 Å². The second kappa shape index (κ2) is 7.77. The molecule has 1 amide bonds. The molecule has 3 aromatic rings. The monoisotopic (exact) mass is 421 g/mol. The average Bonchev–Trinajstić information content (AvgIpc) is 3.02. The Labute approximate surface area is 166 Å². The summed E-state index contributed by atoms with van der Waals surface area (Å²) in [5.74, 6) is -0.319. The van der Waals surface area contributed by atoms with E-state index >= 15 is 0 Å². The molecule has 0 fully saturated rings. The number of hydrogen-bond donors (Lipinski definition) is 2. The Kier molecular flexibility index (Phi) is 5.61. The first-order valence-electron chi connectivity index (χ1n) is 7.86. The van der Waals surface area contributed by atoms with Crippen LogP contribution in [0.2, 0.25) is 5.02 Å². The number of primary sulfonamides is 1. The van der Waals surface area contributed by atoms with Crippen molar-refractivity contribution in [3.63, 3.8) is 0 Å². The van der Waals surface area contributed by atoms with Crippen molar-refractivity contribution in [2.24, 2.45) is 5.14 Å². The molecule has 0 radical (unpaired) electrons. The number of nitrogens with zero attached hydrogens (tertiary/aromatic N) is 1. The Bertz CT molecular complexity index is 1110. The van der Waals surface area contributed by atoms with Gasteiger partial charge in [-0.2, -0.15) is 0 Å². The number of anilines is 1. The highest BCUT2D eigenvalue weighted by Crippen LogP contribution is 2.30. The quantitative estimate of drug-likeness (QED) is 0.656. The Balaban J connectivity index is 1.89. The summed E-state index contributed by atoms with van der Waals surface area (Å²) >= 11 is 7.47. The van der Waals surface area contributed by atoms with Crippen molar-refractivity contribution in [3.05, 3.63) is 63.4 Å². The number of aromatic nitrogens is 1. The first kappa shape index (κ1) is 19.5. The van der Waals surface area contributed by atoms with E-state index in [0.29, 0.717) is 27.5 Å². The summed E-state index contributed by atoms with van der Waals surface area (Å²) < 4.78 is 24.1. The van der Waals surface area contributed by atoms with Crippen LogP contribution in [-0.2, 0) is 21.2 Å². The van der Waals surface area contributed by atoms with Crippen LogP contribution in [0.15, 0.2) is 52.7 Å². The number of hydrogen-bond acceptors (Lipinski definition) is 5. The lowest BCUT2D eigenvalue weighted by atomic mass is 10.1. The van der Waals surface area contributed by atoms with Gasteiger partial charge in [0, 0.05) is 21.7 Å². The van der Waals surface area contributed by atoms with Crippen molar-refractivity contribution >= 4 is 44.6 Å². The smallest absolute Gasteiger partial charge is 0.238 e. The summed E-state index contributed by atoms with van der Waals surface area (Å²) in [4.78, 5) is 16.5. The Morgan fingerprint density at radius 3 is 2.63 bits per heavy atom. The third kappa shape index (κ3) is 4.72. The van der Waals surface area contributed by atoms with Gasteiger partial charge in [-0.15, -0.1) is 11.3 Å². The Morgan fingerprint density at radius 1 is 1.26 bits per heavy atom. The van der Waals surface area contributed by atoms with Crippen LogP contribution >= 0.6 is 22.9 Å². The molecule has 1 aromatic heterocycles. The Morgan fingerprint density at radius 2 is 2.00 bits per heavy atom. The van der Waals surface area contributed by atoms with E-state index in [2.05, 4.69) is 10.3 Å². The molecule has 3 N–H and O–H groups in total. The van der Waals surface area contributed by atoms with E-state index in [1.54, 1.807) is 41.8 Å². The number of carbonyl (C=O) groups is 1. The summed E-state index contributed by atoms with van der Waals surface area (Å²) in [6.07, 6.45) is 0.0669. The maximum absolute atomic E-state index is 12.3. The largest absolute Gasteiger partial charge is 0.326 e. The average molecular weight is 422 g/mol. The van der Waals surface area contributed by atoms with E-state index < -0.39 is 10.0 Å². The van der Waals surface area contributed by atoms with Gasteiger partial charge in [-0.25, -0.2) is 18.5 Å². The number of amides is 1. The van der Waals surface area contributed by atoms with E-state index in [1.807, 2.05) is 6.92 Å². The van der Waals surface area contributed by atoms with Crippen LogP contribution in [0, 0.1) is 6.92 Å². The van der Waals surface area contributed by atoms with Crippen molar-refractivity contribution < 1.29 is 13.2 Å². The number of benzene rings is 2. The second-order valence-electron chi connectivity index (χ2n) is 5.82. The second-order valence-corrected chi connectivity index (χ2v) is 8.82. The standard InChI is InChI=1S/C18H16ClN3O3S2/c1-11-21-16(10-26-11)14-7-6-13(9-17(14)27(20,24)25)22-18(23)8-12-4-2-3-5-15(12)19/h2-7,9-10H,8H2,1H3,(H,22,23)(H2,20,24,25). The first-order valence-corrected chi connectivity index (χ1v) is 10.7. The number of nitrogens with two attached hydrogens (primary N) is 1. The number of thiazole rings is 1. The number of halogens is 1. The molecule has 140 valence electrons. The topological polar surface area (TPSA) is 102 Å². The summed E-state index contributed by atoms with van der Waals surface area (Å²) in [5, 5.41) is 11.1. The normalized spacial score (nSPS) is 11.4. The molecule has 0 aliphatic rings. The van der Waals surface area contributed by atoms with E-state index in [-0.39, 0.29) is 17.2 Å². The van der Waals surface area contributed by atoms with Crippen molar-refractivity contribution in [1.29, 1.82) is 0 Å². The minimum Gasteiger partial charge on any atom is -0.326 e. The van der Waals surface area contributed by atoms with Crippen molar-refractivity contribution in [2.75, 3.05) is 5.32 Å². The van der Waals surface area contributed by atoms with Gasteiger partial charge in [0.25, 0.3) is 0 Å². The lowest BCUT2D eigenvalue weighted by molar-refractivity contribution is -0.115. The van der Waals surface area contributed by atoms with Gasteiger partial charge in [-0.05, 0) is 36.8 Å². The maximum atomic E-state index is 12.3. The maximum Gasteiger partial charge on any atom is 0.238 e. The molecule has 1 heterocycles. The van der Waals surface area contributed by atoms with Gasteiger partial charge in [0.05, 0.1) is 22.0 Å². The van der Waals surface area contributed by atoms with Crippen LogP contribution in [0.4, 0.5) is 5.69 Å². The van der Waals surface area contributed by atoms with E-state index in [9.17, 15) is 13.2 Å². The predicted octanol–water partition coefficient (Wildman–Crippen LogP) is 3.60. The first-order chi connectivity index (χ1) is 12.7. The SMILES string of the molecule is Cc1nc(-c2ccc(NC(=O)Cc3ccccc3Cl)cc2S(N)(=O)=O)cs1. The molecular weight excluding hydrogens is 406 g/mol. The van der Waals surface area contributed by atoms with Gasteiger partial charge in [0.15, 0.2) is 0 Å². The Hall–Kier alpha value is -2.26. The van der Waals surface area contributed by atoms with Gasteiger partial charge in [-0.1, -0.05) is 29.8 Å². The third-order valence-corrected chi connectivity index (χ3v) is 5.87. The van der Waals surface area contributed by atoms with Crippen LogP contribution < -0.4 is 10.5 Å². The number of aryl methyl sites for hydroxylation is 1. The van der Waals surface area contributed by atoms with Crippen LogP contribution in [-0.4, -0.2) is 19.3 Å². The van der Waals surface area contributed by atoms with E-state index in [4.69, 9.17) is 16.7 Å². The van der Waals surface area contributed by atoms with Crippen molar-refractivity contribution in [1.82, 2.24) is 4.98 Å². The van der Waals surface area contributed by atoms with Gasteiger partial charge < -0.3 is 5.32 Å². The fraction of sp³-hybridized carbons (Fsp3) is 0.111. The molecule has 2 aromatic carbocycles. The molecule has 9 heteroatoms. The predicted molar refractivity (Wildman–Crippen MR) is 107 cm³/mol. The lowest BCUT2D eigenvalue weighted by Gasteiger charge is -2.11. The summed E-state index contributed by atoms with van der Waals surface area (Å²) in [6, 6.07) is 11.6. The molecule has 0 unspecified atom stereocenters. The molecule has 0 aliphatic carbocycles. The number of carbonyl (C=O) groups excluding carboxylic acids is 1. The number of sulfonamides is 1. The summed E-state index contributed by atoms with van der Waals surface area (Å²) in [5.41, 5.74) is 1.92. The molecule has 3 rings (SSSR count). The van der Waals surface area contributed by atoms with Crippen LogP contribution in [0.25, 0.3) is 11.3 Å². The summed E-state index contributed by atoms with van der Waals surface area (Å²) in [7, 11) is -4.00. The highest BCUT2D eigenvalue weighted by atomic mass is 35.5. The number of rotatable bonds is 5. The van der Waals surface area contributed by atoms with Crippen LogP contribution in [0.1, 0.15) is 10.6 Å². The molecule has 0 saturated heterocycles. The van der Waals surface area contributed by atoms with Crippen molar-refractivity contribution in [2.45, 2.75) is 18.2 Å². The minimum absolute atomic E-state index is 0.0669. The molecule has 0 bridgehead atoms. The highest BCUT2D eigenvalue weighted by molar-refractivity contribution is 7.89. The van der Waals surface area contributed by atoms with Gasteiger partial charge >= 0.3 is 0 Å². The molecular formula is C18H16ClN3O3S2. The molecule has 0 spiro atoms. The summed E-state index contributed by atoms with van der Waals surface area (Å²) in [6.45, 7) is 1.83. The van der Waals surface area contributed by atoms with E-state index in [1.165, 1.54) is 17.4 Å². The van der Waals surface area contributed by atoms with Crippen LogP contribution in [0.5, 0.6) is 0 Å². The van der Waals surface area contributed by atoms with E-state index in [0.717, 1.165) is 5.01 Å². The fourth-order valence-electron chi connectivity index (χ4n) is 2.55. The third-order valence-electron chi connectivity index (χ3n) is 3.78. The lowest BCUT2D eigenvalue weighted by Crippen LogP contribution is -2.17. The molecule has 6 nitrogen and oxygen atoms in total. The van der Waals surface area contributed by atoms with Gasteiger partial charge in [0.1, 0.15) is 0 Å². The van der Waals surface area contributed by atoms with Gasteiger partial charge in [0.2, 0.25) is 15.9 Å². The zero-order chi connectivity index (χ0) is 19.6. The highest BCUT2D eigenvalue weighted by Gasteiger charge is 2.18. The zero-order valence-corrected chi connectivity index (χ0v) is 16.7. The van der Waals surface area contributed by atoms with Gasteiger partial charge in [-0.3, -0.25) is 4.79 Å². The molecule has 0 aliphatic heterocycles. The zero-order valence-electron chi connectivity index (χ0n) is 14.3. The molecule has 0 atom stereocenters. The fourth-order valence-corrected chi connectivity index (χ4v) is 4.14. The minimum atomic E-state index is -4.00. The molecule has 27 heavy (non-hydrogen) atoms. The van der Waals surface area contributed by atoms with Crippen LogP contribution in [0.3, 0.4) is 0 Å².